The summed E-state index contributed by atoms with van der Waals surface area (Å²) in [5.74, 6) is 2.36. The molecule has 5 nitrogen and oxygen atoms in total. The van der Waals surface area contributed by atoms with Gasteiger partial charge >= 0.3 is 5.91 Å². The Labute approximate surface area is 205 Å². The van der Waals surface area contributed by atoms with Crippen LogP contribution in [0.1, 0.15) is 54.4 Å². The van der Waals surface area contributed by atoms with E-state index in [1.807, 2.05) is 12.1 Å². The maximum atomic E-state index is 15.2. The van der Waals surface area contributed by atoms with Crippen LogP contribution in [0, 0.1) is 6.92 Å². The molecular weight excluding hydrogens is 438 g/mol. The van der Waals surface area contributed by atoms with E-state index in [-0.39, 0.29) is 18.7 Å². The normalized spacial score (nSPS) is 26.6. The lowest BCUT2D eigenvalue weighted by Crippen LogP contribution is -2.62. The van der Waals surface area contributed by atoms with Gasteiger partial charge in [0, 0.05) is 35.6 Å². The van der Waals surface area contributed by atoms with E-state index in [9.17, 15) is 0 Å². The van der Waals surface area contributed by atoms with Gasteiger partial charge in [-0.15, -0.1) is 0 Å². The van der Waals surface area contributed by atoms with Gasteiger partial charge < -0.3 is 14.2 Å². The van der Waals surface area contributed by atoms with Gasteiger partial charge in [0.1, 0.15) is 30.6 Å². The van der Waals surface area contributed by atoms with Crippen molar-refractivity contribution in [1.82, 2.24) is 4.48 Å². The molecule has 0 saturated heterocycles. The van der Waals surface area contributed by atoms with Gasteiger partial charge in [0.2, 0.25) is 6.79 Å². The number of aryl methyl sites for hydroxylation is 1. The second-order valence-electron chi connectivity index (χ2n) is 10.5. The molecule has 0 radical (unpaired) electrons. The Hall–Kier alpha value is -3.31. The van der Waals surface area contributed by atoms with Crippen molar-refractivity contribution in [1.29, 1.82) is 0 Å². The molecule has 4 aliphatic rings. The van der Waals surface area contributed by atoms with Crippen molar-refractivity contribution in [2.24, 2.45) is 0 Å². The van der Waals surface area contributed by atoms with Crippen LogP contribution >= 0.6 is 0 Å². The number of quaternary nitrogens is 1. The van der Waals surface area contributed by atoms with E-state index >= 15 is 4.79 Å². The number of nitrogens with zero attached hydrogens (tertiary/aromatic N) is 1. The zero-order valence-electron chi connectivity index (χ0n) is 20.1. The fourth-order valence-corrected chi connectivity index (χ4v) is 7.06. The highest BCUT2D eigenvalue weighted by atomic mass is 16.7. The van der Waals surface area contributed by atoms with Gasteiger partial charge in [-0.05, 0) is 31.9 Å². The molecule has 35 heavy (non-hydrogen) atoms. The average molecular weight is 469 g/mol. The van der Waals surface area contributed by atoms with E-state index in [0.29, 0.717) is 29.1 Å². The summed E-state index contributed by atoms with van der Waals surface area (Å²) in [6, 6.07) is 21.3. The van der Waals surface area contributed by atoms with E-state index in [2.05, 4.69) is 55.5 Å². The maximum Gasteiger partial charge on any atom is 0.338 e. The number of amides is 1. The molecule has 1 saturated carbocycles. The molecule has 178 valence electrons. The molecule has 3 heterocycles. The standard InChI is InChI=1S/C30H30NO4/c1-20-8-7-9-21(14-20)17-31(22-10-3-2-4-11-22)25-13-6-5-12-23(25)30(29(31)32)18-33-26-16-28-27(15-24(26)30)34-19-35-28/h5-9,12-16,22H,2-4,10-11,17-19H2,1H3/q+1. The van der Waals surface area contributed by atoms with Gasteiger partial charge in [0.05, 0.1) is 0 Å². The molecule has 1 fully saturated rings. The maximum absolute atomic E-state index is 15.2. The topological polar surface area (TPSA) is 44.8 Å². The quantitative estimate of drug-likeness (QED) is 0.457. The van der Waals surface area contributed by atoms with Crippen molar-refractivity contribution in [2.45, 2.75) is 57.0 Å². The summed E-state index contributed by atoms with van der Waals surface area (Å²) >= 11 is 0. The minimum absolute atomic E-state index is 0.200. The fraction of sp³-hybridized carbons (Fsp3) is 0.367. The molecule has 0 aromatic heterocycles. The summed E-state index contributed by atoms with van der Waals surface area (Å²) in [5, 5.41) is 0. The van der Waals surface area contributed by atoms with Crippen molar-refractivity contribution in [3.05, 3.63) is 82.9 Å². The number of rotatable bonds is 3. The third-order valence-corrected chi connectivity index (χ3v) is 8.61. The van der Waals surface area contributed by atoms with Crippen LogP contribution in [0.4, 0.5) is 5.69 Å². The molecule has 3 aliphatic heterocycles. The molecule has 1 aliphatic carbocycles. The fourth-order valence-electron chi connectivity index (χ4n) is 7.06. The zero-order chi connectivity index (χ0) is 23.6. The van der Waals surface area contributed by atoms with Crippen LogP contribution in [0.5, 0.6) is 17.2 Å². The summed E-state index contributed by atoms with van der Waals surface area (Å²) in [7, 11) is 0. The second kappa shape index (κ2) is 7.59. The predicted octanol–water partition coefficient (Wildman–Crippen LogP) is 5.78. The monoisotopic (exact) mass is 468 g/mol. The number of hydrogen-bond acceptors (Lipinski definition) is 4. The summed E-state index contributed by atoms with van der Waals surface area (Å²) in [6.07, 6.45) is 5.73. The third kappa shape index (κ3) is 2.82. The second-order valence-corrected chi connectivity index (χ2v) is 10.5. The van der Waals surface area contributed by atoms with Crippen LogP contribution < -0.4 is 18.7 Å². The summed E-state index contributed by atoms with van der Waals surface area (Å²) in [4.78, 5) is 15.2. The Bertz CT molecular complexity index is 1340. The molecule has 0 bridgehead atoms. The number of fused-ring (bicyclic) bond motifs is 5. The Balaban J connectivity index is 1.47. The van der Waals surface area contributed by atoms with Crippen LogP contribution in [0.15, 0.2) is 60.7 Å². The molecule has 1 spiro atoms. The van der Waals surface area contributed by atoms with E-state index in [1.165, 1.54) is 30.4 Å². The molecule has 7 rings (SSSR count). The van der Waals surface area contributed by atoms with Crippen molar-refractivity contribution in [3.8, 4) is 17.2 Å². The van der Waals surface area contributed by atoms with E-state index in [0.717, 1.165) is 35.4 Å². The number of benzene rings is 3. The molecule has 3 aromatic carbocycles. The van der Waals surface area contributed by atoms with Crippen LogP contribution in [-0.2, 0) is 16.8 Å². The SMILES string of the molecule is Cc1cccc(C[N+]2(C3CCCCC3)C(=O)C3(COc4cc5c(cc43)OCO5)c3ccccc32)c1. The van der Waals surface area contributed by atoms with Crippen molar-refractivity contribution < 1.29 is 19.0 Å². The minimum Gasteiger partial charge on any atom is -0.491 e. The summed E-state index contributed by atoms with van der Waals surface area (Å²) in [6.45, 7) is 3.32. The van der Waals surface area contributed by atoms with Gasteiger partial charge in [-0.25, -0.2) is 9.28 Å². The lowest BCUT2D eigenvalue weighted by atomic mass is 9.76. The number of ether oxygens (including phenoxy) is 3. The van der Waals surface area contributed by atoms with Gasteiger partial charge in [0.25, 0.3) is 0 Å². The van der Waals surface area contributed by atoms with Crippen molar-refractivity contribution in [3.63, 3.8) is 0 Å². The highest BCUT2D eigenvalue weighted by Crippen LogP contribution is 2.59. The van der Waals surface area contributed by atoms with Gasteiger partial charge in [-0.1, -0.05) is 54.4 Å². The average Bonchev–Trinajstić information content (AvgIpc) is 3.55. The highest BCUT2D eigenvalue weighted by Gasteiger charge is 2.68. The zero-order valence-corrected chi connectivity index (χ0v) is 20.1. The Morgan fingerprint density at radius 1 is 0.857 bits per heavy atom. The number of hydrogen-bond donors (Lipinski definition) is 0. The molecule has 5 heteroatoms. The summed E-state index contributed by atoms with van der Waals surface area (Å²) in [5.41, 5.74) is 4.73. The molecule has 2 atom stereocenters. The van der Waals surface area contributed by atoms with Crippen LogP contribution in [0.2, 0.25) is 0 Å². The van der Waals surface area contributed by atoms with Crippen molar-refractivity contribution >= 4 is 11.6 Å². The lowest BCUT2D eigenvalue weighted by molar-refractivity contribution is -0.136. The van der Waals surface area contributed by atoms with Crippen LogP contribution in [0.3, 0.4) is 0 Å². The van der Waals surface area contributed by atoms with Crippen molar-refractivity contribution in [2.75, 3.05) is 13.4 Å². The van der Waals surface area contributed by atoms with Crippen LogP contribution in [0.25, 0.3) is 0 Å². The Morgan fingerprint density at radius 2 is 1.66 bits per heavy atom. The highest BCUT2D eigenvalue weighted by molar-refractivity contribution is 6.08. The van der Waals surface area contributed by atoms with E-state index in [1.54, 1.807) is 0 Å². The molecule has 3 aromatic rings. The molecule has 1 amide bonds. The van der Waals surface area contributed by atoms with Crippen LogP contribution in [-0.4, -0.2) is 25.3 Å². The number of carbonyl (C=O) groups excluding carboxylic acids is 1. The van der Waals surface area contributed by atoms with Gasteiger partial charge in [-0.2, -0.15) is 0 Å². The molecule has 2 unspecified atom stereocenters. The lowest BCUT2D eigenvalue weighted by Gasteiger charge is -2.42. The third-order valence-electron chi connectivity index (χ3n) is 8.61. The molecule has 0 N–H and O–H groups in total. The van der Waals surface area contributed by atoms with Gasteiger partial charge in [-0.3, -0.25) is 0 Å². The van der Waals surface area contributed by atoms with E-state index in [4.69, 9.17) is 14.2 Å². The summed E-state index contributed by atoms with van der Waals surface area (Å²) < 4.78 is 18.0. The smallest absolute Gasteiger partial charge is 0.338 e. The minimum atomic E-state index is -0.839. The van der Waals surface area contributed by atoms with E-state index < -0.39 is 5.41 Å². The first-order valence-electron chi connectivity index (χ1n) is 12.8. The first-order chi connectivity index (χ1) is 17.1. The first-order valence-corrected chi connectivity index (χ1v) is 12.8. The predicted molar refractivity (Wildman–Crippen MR) is 134 cm³/mol. The largest absolute Gasteiger partial charge is 0.491 e. The molecular formula is C30H30NO4+. The Kier molecular flexibility index (Phi) is 4.56. The number of carbonyl (C=O) groups is 1. The van der Waals surface area contributed by atoms with Gasteiger partial charge in [0.15, 0.2) is 16.9 Å². The number of para-hydroxylation sites is 1. The first kappa shape index (κ1) is 21.0. The Morgan fingerprint density at radius 3 is 2.49 bits per heavy atom.